The van der Waals surface area contributed by atoms with E-state index in [1.54, 1.807) is 11.9 Å². The second kappa shape index (κ2) is 7.05. The lowest BCUT2D eigenvalue weighted by Gasteiger charge is -2.08. The van der Waals surface area contributed by atoms with Crippen molar-refractivity contribution in [3.8, 4) is 0 Å². The highest BCUT2D eigenvalue weighted by Gasteiger charge is 2.30. The fourth-order valence-corrected chi connectivity index (χ4v) is 3.47. The van der Waals surface area contributed by atoms with Crippen molar-refractivity contribution in [3.63, 3.8) is 0 Å². The summed E-state index contributed by atoms with van der Waals surface area (Å²) in [5, 5.41) is 0.722. The lowest BCUT2D eigenvalue weighted by atomic mass is 10.1. The number of nitrogens with zero attached hydrogens (tertiary/aromatic N) is 2. The van der Waals surface area contributed by atoms with Crippen LogP contribution >= 0.6 is 11.8 Å². The van der Waals surface area contributed by atoms with Gasteiger partial charge in [-0.15, -0.1) is 0 Å². The number of benzene rings is 2. The van der Waals surface area contributed by atoms with E-state index < -0.39 is 0 Å². The Labute approximate surface area is 147 Å². The van der Waals surface area contributed by atoms with Crippen molar-refractivity contribution in [2.24, 2.45) is 4.99 Å². The molecule has 1 aliphatic rings. The number of amides is 1. The van der Waals surface area contributed by atoms with Gasteiger partial charge in [0.25, 0.3) is 5.91 Å². The highest BCUT2D eigenvalue weighted by Crippen LogP contribution is 2.33. The predicted molar refractivity (Wildman–Crippen MR) is 102 cm³/mol. The van der Waals surface area contributed by atoms with Crippen LogP contribution in [0.5, 0.6) is 0 Å². The van der Waals surface area contributed by atoms with Crippen LogP contribution in [0.25, 0.3) is 6.08 Å². The van der Waals surface area contributed by atoms with Crippen LogP contribution in [0.15, 0.2) is 58.4 Å². The molecule has 0 atom stereocenters. The second-order valence-electron chi connectivity index (χ2n) is 5.76. The van der Waals surface area contributed by atoms with Crippen molar-refractivity contribution >= 4 is 34.6 Å². The lowest BCUT2D eigenvalue weighted by Crippen LogP contribution is -2.23. The molecule has 0 spiro atoms. The van der Waals surface area contributed by atoms with Crippen LogP contribution < -0.4 is 0 Å². The van der Waals surface area contributed by atoms with E-state index in [1.165, 1.54) is 22.9 Å². The van der Waals surface area contributed by atoms with E-state index >= 15 is 0 Å². The van der Waals surface area contributed by atoms with Crippen LogP contribution in [0.2, 0.25) is 0 Å². The molecule has 0 aliphatic carbocycles. The van der Waals surface area contributed by atoms with Gasteiger partial charge in [-0.1, -0.05) is 55.0 Å². The van der Waals surface area contributed by atoms with Crippen LogP contribution in [-0.2, 0) is 11.2 Å². The molecule has 122 valence electrons. The highest BCUT2D eigenvalue weighted by atomic mass is 32.2. The summed E-state index contributed by atoms with van der Waals surface area (Å²) < 4.78 is 0. The average molecular weight is 336 g/mol. The van der Waals surface area contributed by atoms with E-state index in [9.17, 15) is 4.79 Å². The number of hydrogen-bond donors (Lipinski definition) is 0. The Morgan fingerprint density at radius 3 is 2.54 bits per heavy atom. The maximum absolute atomic E-state index is 12.5. The third-order valence-corrected chi connectivity index (χ3v) is 5.03. The van der Waals surface area contributed by atoms with Gasteiger partial charge in [0.05, 0.1) is 10.6 Å². The van der Waals surface area contributed by atoms with Gasteiger partial charge in [-0.05, 0) is 48.4 Å². The smallest absolute Gasteiger partial charge is 0.266 e. The van der Waals surface area contributed by atoms with Crippen molar-refractivity contribution in [2.75, 3.05) is 7.05 Å². The van der Waals surface area contributed by atoms with Crippen LogP contribution in [0, 0.1) is 6.92 Å². The monoisotopic (exact) mass is 336 g/mol. The summed E-state index contributed by atoms with van der Waals surface area (Å²) in [6, 6.07) is 16.2. The lowest BCUT2D eigenvalue weighted by molar-refractivity contribution is -0.121. The first-order chi connectivity index (χ1) is 11.6. The molecule has 3 nitrogen and oxygen atoms in total. The zero-order valence-corrected chi connectivity index (χ0v) is 14.9. The molecule has 0 N–H and O–H groups in total. The topological polar surface area (TPSA) is 32.7 Å². The summed E-state index contributed by atoms with van der Waals surface area (Å²) >= 11 is 1.43. The largest absolute Gasteiger partial charge is 0.290 e. The molecule has 0 bridgehead atoms. The molecule has 2 aromatic rings. The van der Waals surface area contributed by atoms with Crippen molar-refractivity contribution in [2.45, 2.75) is 20.3 Å². The fourth-order valence-electron chi connectivity index (χ4n) is 2.49. The first-order valence-electron chi connectivity index (χ1n) is 7.99. The van der Waals surface area contributed by atoms with E-state index in [4.69, 9.17) is 4.99 Å². The van der Waals surface area contributed by atoms with Gasteiger partial charge < -0.3 is 0 Å². The Hall–Kier alpha value is -2.33. The first kappa shape index (κ1) is 16.5. The zero-order valence-electron chi connectivity index (χ0n) is 14.1. The molecule has 1 fully saturated rings. The van der Waals surface area contributed by atoms with Gasteiger partial charge in [0, 0.05) is 7.05 Å². The van der Waals surface area contributed by atoms with Gasteiger partial charge >= 0.3 is 0 Å². The number of aryl methyl sites for hydroxylation is 2. The summed E-state index contributed by atoms with van der Waals surface area (Å²) in [5.74, 6) is -0.00620. The predicted octanol–water partition coefficient (Wildman–Crippen LogP) is 4.79. The maximum Gasteiger partial charge on any atom is 0.266 e. The molecule has 1 amide bonds. The number of para-hydroxylation sites is 1. The Kier molecular flexibility index (Phi) is 4.86. The molecule has 3 rings (SSSR count). The molecule has 1 heterocycles. The van der Waals surface area contributed by atoms with Gasteiger partial charge in [0.1, 0.15) is 0 Å². The van der Waals surface area contributed by atoms with Gasteiger partial charge in [0.2, 0.25) is 0 Å². The summed E-state index contributed by atoms with van der Waals surface area (Å²) in [6.45, 7) is 4.16. The molecule has 4 heteroatoms. The summed E-state index contributed by atoms with van der Waals surface area (Å²) in [5.41, 5.74) is 4.35. The number of aliphatic imine (C=N–C) groups is 1. The van der Waals surface area contributed by atoms with Crippen molar-refractivity contribution in [1.29, 1.82) is 0 Å². The molecule has 1 saturated heterocycles. The molecule has 0 saturated carbocycles. The summed E-state index contributed by atoms with van der Waals surface area (Å²) in [6.07, 6.45) is 2.85. The standard InChI is InChI=1S/C20H20N2OS/c1-4-16-7-5-6-8-17(16)21-20-22(3)19(23)18(24-20)13-15-11-9-14(2)10-12-15/h5-13H,4H2,1-3H3/b18-13+,21-20?. The van der Waals surface area contributed by atoms with E-state index in [1.807, 2.05) is 48.5 Å². The minimum absolute atomic E-state index is 0.00620. The van der Waals surface area contributed by atoms with Crippen LogP contribution in [0.4, 0.5) is 5.69 Å². The number of likely N-dealkylation sites (N-methyl/N-ethyl adjacent to an activating group) is 1. The summed E-state index contributed by atoms with van der Waals surface area (Å²) in [4.78, 5) is 19.5. The molecular weight excluding hydrogens is 316 g/mol. The van der Waals surface area contributed by atoms with Crippen LogP contribution in [-0.4, -0.2) is 23.0 Å². The van der Waals surface area contributed by atoms with E-state index in [2.05, 4.69) is 19.9 Å². The zero-order chi connectivity index (χ0) is 17.1. The number of thioether (sulfide) groups is 1. The molecular formula is C20H20N2OS. The van der Waals surface area contributed by atoms with Crippen molar-refractivity contribution in [3.05, 3.63) is 70.1 Å². The number of hydrogen-bond acceptors (Lipinski definition) is 3. The van der Waals surface area contributed by atoms with E-state index in [-0.39, 0.29) is 5.91 Å². The van der Waals surface area contributed by atoms with E-state index in [0.29, 0.717) is 4.91 Å². The van der Waals surface area contributed by atoms with Gasteiger partial charge in [-0.3, -0.25) is 9.69 Å². The number of carbonyl (C=O) groups excluding carboxylic acids is 1. The van der Waals surface area contributed by atoms with Gasteiger partial charge in [-0.2, -0.15) is 0 Å². The molecule has 0 radical (unpaired) electrons. The highest BCUT2D eigenvalue weighted by molar-refractivity contribution is 8.18. The summed E-state index contributed by atoms with van der Waals surface area (Å²) in [7, 11) is 1.78. The first-order valence-corrected chi connectivity index (χ1v) is 8.81. The van der Waals surface area contributed by atoms with Crippen LogP contribution in [0.1, 0.15) is 23.6 Å². The minimum atomic E-state index is -0.00620. The van der Waals surface area contributed by atoms with Crippen molar-refractivity contribution in [1.82, 2.24) is 4.90 Å². The molecule has 0 aromatic heterocycles. The minimum Gasteiger partial charge on any atom is -0.290 e. The van der Waals surface area contributed by atoms with Gasteiger partial charge in [-0.25, -0.2) is 4.99 Å². The number of rotatable bonds is 3. The molecule has 0 unspecified atom stereocenters. The second-order valence-corrected chi connectivity index (χ2v) is 6.77. The van der Waals surface area contributed by atoms with E-state index in [0.717, 1.165) is 22.8 Å². The third-order valence-electron chi connectivity index (χ3n) is 3.97. The maximum atomic E-state index is 12.5. The third kappa shape index (κ3) is 3.44. The average Bonchev–Trinajstić information content (AvgIpc) is 2.85. The quantitative estimate of drug-likeness (QED) is 0.755. The van der Waals surface area contributed by atoms with Crippen molar-refractivity contribution < 1.29 is 4.79 Å². The SMILES string of the molecule is CCc1ccccc1N=C1S/C(=C/c2ccc(C)cc2)C(=O)N1C. The Morgan fingerprint density at radius 2 is 1.83 bits per heavy atom. The number of carbonyl (C=O) groups is 1. The molecule has 24 heavy (non-hydrogen) atoms. The Bertz CT molecular complexity index is 822. The molecule has 2 aromatic carbocycles. The van der Waals surface area contributed by atoms with Crippen LogP contribution in [0.3, 0.4) is 0 Å². The number of amidine groups is 1. The Balaban J connectivity index is 1.91. The normalized spacial score (nSPS) is 18.0. The fraction of sp³-hybridized carbons (Fsp3) is 0.200. The molecule has 1 aliphatic heterocycles. The van der Waals surface area contributed by atoms with Gasteiger partial charge in [0.15, 0.2) is 5.17 Å². The Morgan fingerprint density at radius 1 is 1.12 bits per heavy atom.